The van der Waals surface area contributed by atoms with Gasteiger partial charge in [-0.1, -0.05) is 13.8 Å². The summed E-state index contributed by atoms with van der Waals surface area (Å²) in [6.45, 7) is 8.10. The molecule has 0 rings (SSSR count). The van der Waals surface area contributed by atoms with Gasteiger partial charge in [-0.25, -0.2) is 0 Å². The maximum Gasteiger partial charge on any atom is 0.159 e. The van der Waals surface area contributed by atoms with Crippen LogP contribution in [-0.2, 0) is 9.47 Å². The largest absolute Gasteiger partial charge is 0.356 e. The number of methoxy groups -OCH3 is 2. The predicted molar refractivity (Wildman–Crippen MR) is 67.6 cm³/mol. The van der Waals surface area contributed by atoms with Crippen LogP contribution in [0.5, 0.6) is 0 Å². The van der Waals surface area contributed by atoms with E-state index in [2.05, 4.69) is 30.1 Å². The third kappa shape index (κ3) is 7.29. The van der Waals surface area contributed by atoms with Crippen LogP contribution in [0.25, 0.3) is 0 Å². The van der Waals surface area contributed by atoms with Gasteiger partial charge in [0.05, 0.1) is 6.07 Å². The van der Waals surface area contributed by atoms with E-state index in [9.17, 15) is 0 Å². The lowest BCUT2D eigenvalue weighted by atomic mass is 10.2. The standard InChI is InChI=1S/C12H25N3O2/c1-5-15(6-2)8-7-14-11(10-13)9-12(16-3)17-4/h11-12,14H,5-9H2,1-4H3. The molecule has 0 bridgehead atoms. The highest BCUT2D eigenvalue weighted by atomic mass is 16.7. The molecule has 0 saturated heterocycles. The number of nitrogens with zero attached hydrogens (tertiary/aromatic N) is 2. The highest BCUT2D eigenvalue weighted by molar-refractivity contribution is 4.90. The van der Waals surface area contributed by atoms with Gasteiger partial charge in [-0.2, -0.15) is 5.26 Å². The van der Waals surface area contributed by atoms with Gasteiger partial charge in [0.2, 0.25) is 0 Å². The summed E-state index contributed by atoms with van der Waals surface area (Å²) in [5.41, 5.74) is 0. The number of nitriles is 1. The van der Waals surface area contributed by atoms with E-state index in [0.29, 0.717) is 6.42 Å². The van der Waals surface area contributed by atoms with Crippen molar-refractivity contribution in [1.29, 1.82) is 5.26 Å². The first-order valence-corrected chi connectivity index (χ1v) is 6.12. The van der Waals surface area contributed by atoms with Crippen molar-refractivity contribution >= 4 is 0 Å². The Morgan fingerprint density at radius 2 is 1.82 bits per heavy atom. The number of rotatable bonds is 10. The van der Waals surface area contributed by atoms with Gasteiger partial charge in [-0.3, -0.25) is 0 Å². The molecular formula is C12H25N3O2. The van der Waals surface area contributed by atoms with Crippen LogP contribution in [0.1, 0.15) is 20.3 Å². The summed E-state index contributed by atoms with van der Waals surface area (Å²) in [6, 6.07) is 1.99. The van der Waals surface area contributed by atoms with E-state index in [4.69, 9.17) is 14.7 Å². The lowest BCUT2D eigenvalue weighted by molar-refractivity contribution is -0.108. The molecule has 17 heavy (non-hydrogen) atoms. The van der Waals surface area contributed by atoms with Gasteiger partial charge >= 0.3 is 0 Å². The number of ether oxygens (including phenoxy) is 2. The molecule has 0 spiro atoms. The van der Waals surface area contributed by atoms with Crippen LogP contribution in [0.2, 0.25) is 0 Å². The average Bonchev–Trinajstić information content (AvgIpc) is 2.38. The molecule has 0 saturated carbocycles. The van der Waals surface area contributed by atoms with Crippen molar-refractivity contribution in [3.63, 3.8) is 0 Å². The number of likely N-dealkylation sites (N-methyl/N-ethyl adjacent to an activating group) is 1. The third-order valence-electron chi connectivity index (χ3n) is 2.82. The summed E-state index contributed by atoms with van der Waals surface area (Å²) in [5.74, 6) is 0. The van der Waals surface area contributed by atoms with E-state index in [0.717, 1.165) is 26.2 Å². The normalized spacial score (nSPS) is 13.0. The Bertz CT molecular complexity index is 210. The molecule has 0 aliphatic carbocycles. The molecule has 100 valence electrons. The van der Waals surface area contributed by atoms with E-state index in [1.807, 2.05) is 0 Å². The van der Waals surface area contributed by atoms with Crippen molar-refractivity contribution in [2.45, 2.75) is 32.6 Å². The van der Waals surface area contributed by atoms with E-state index in [-0.39, 0.29) is 12.3 Å². The third-order valence-corrected chi connectivity index (χ3v) is 2.82. The quantitative estimate of drug-likeness (QED) is 0.576. The van der Waals surface area contributed by atoms with Crippen LogP contribution in [-0.4, -0.2) is 57.6 Å². The lowest BCUT2D eigenvalue weighted by Crippen LogP contribution is -2.38. The first kappa shape index (κ1) is 16.3. The van der Waals surface area contributed by atoms with Crippen molar-refractivity contribution in [2.75, 3.05) is 40.4 Å². The van der Waals surface area contributed by atoms with E-state index in [1.165, 1.54) is 0 Å². The van der Waals surface area contributed by atoms with Crippen molar-refractivity contribution < 1.29 is 9.47 Å². The fourth-order valence-electron chi connectivity index (χ4n) is 1.60. The van der Waals surface area contributed by atoms with Crippen molar-refractivity contribution in [3.8, 4) is 6.07 Å². The second-order valence-corrected chi connectivity index (χ2v) is 3.80. The molecule has 0 heterocycles. The molecule has 5 heteroatoms. The molecule has 0 aromatic carbocycles. The zero-order chi connectivity index (χ0) is 13.1. The SMILES string of the molecule is CCN(CC)CCNC(C#N)CC(OC)OC. The monoisotopic (exact) mass is 243 g/mol. The van der Waals surface area contributed by atoms with Crippen molar-refractivity contribution in [2.24, 2.45) is 0 Å². The van der Waals surface area contributed by atoms with Crippen LogP contribution in [0.15, 0.2) is 0 Å². The second kappa shape index (κ2) is 10.5. The summed E-state index contributed by atoms with van der Waals surface area (Å²) in [5, 5.41) is 12.2. The first-order valence-electron chi connectivity index (χ1n) is 6.12. The highest BCUT2D eigenvalue weighted by Gasteiger charge is 2.14. The van der Waals surface area contributed by atoms with Gasteiger partial charge in [0, 0.05) is 33.7 Å². The number of hydrogen-bond acceptors (Lipinski definition) is 5. The number of nitrogens with one attached hydrogen (secondary N) is 1. The Labute approximate surface area is 105 Å². The molecule has 0 fully saturated rings. The molecule has 0 aromatic rings. The van der Waals surface area contributed by atoms with Crippen LogP contribution in [0.3, 0.4) is 0 Å². The zero-order valence-corrected chi connectivity index (χ0v) is 11.4. The Morgan fingerprint density at radius 3 is 2.24 bits per heavy atom. The minimum Gasteiger partial charge on any atom is -0.356 e. The van der Waals surface area contributed by atoms with E-state index < -0.39 is 0 Å². The predicted octanol–water partition coefficient (Wildman–Crippen LogP) is 0.819. The minimum absolute atomic E-state index is 0.226. The number of hydrogen-bond donors (Lipinski definition) is 1. The molecule has 1 unspecified atom stereocenters. The molecule has 0 aliphatic rings. The van der Waals surface area contributed by atoms with Crippen molar-refractivity contribution in [3.05, 3.63) is 0 Å². The lowest BCUT2D eigenvalue weighted by Gasteiger charge is -2.21. The Morgan fingerprint density at radius 1 is 1.24 bits per heavy atom. The van der Waals surface area contributed by atoms with Gasteiger partial charge in [0.25, 0.3) is 0 Å². The van der Waals surface area contributed by atoms with Crippen LogP contribution in [0, 0.1) is 11.3 Å². The molecule has 1 N–H and O–H groups in total. The van der Waals surface area contributed by atoms with Crippen LogP contribution < -0.4 is 5.32 Å². The van der Waals surface area contributed by atoms with E-state index >= 15 is 0 Å². The van der Waals surface area contributed by atoms with Crippen LogP contribution in [0.4, 0.5) is 0 Å². The van der Waals surface area contributed by atoms with Gasteiger partial charge in [-0.05, 0) is 13.1 Å². The topological polar surface area (TPSA) is 57.5 Å². The van der Waals surface area contributed by atoms with Gasteiger partial charge < -0.3 is 19.7 Å². The molecule has 0 amide bonds. The summed E-state index contributed by atoms with van der Waals surface area (Å²) < 4.78 is 10.2. The second-order valence-electron chi connectivity index (χ2n) is 3.80. The maximum absolute atomic E-state index is 9.01. The van der Waals surface area contributed by atoms with Crippen LogP contribution >= 0.6 is 0 Å². The Balaban J connectivity index is 3.86. The smallest absolute Gasteiger partial charge is 0.159 e. The average molecular weight is 243 g/mol. The highest BCUT2D eigenvalue weighted by Crippen LogP contribution is 2.02. The molecule has 0 radical (unpaired) electrons. The van der Waals surface area contributed by atoms with Gasteiger partial charge in [0.15, 0.2) is 6.29 Å². The zero-order valence-electron chi connectivity index (χ0n) is 11.4. The molecule has 0 aliphatic heterocycles. The first-order chi connectivity index (χ1) is 8.21. The van der Waals surface area contributed by atoms with Gasteiger partial charge in [0.1, 0.15) is 6.04 Å². The molecule has 0 aromatic heterocycles. The van der Waals surface area contributed by atoms with E-state index in [1.54, 1.807) is 14.2 Å². The molecular weight excluding hydrogens is 218 g/mol. The maximum atomic E-state index is 9.01. The molecule has 5 nitrogen and oxygen atoms in total. The molecule has 1 atom stereocenters. The summed E-state index contributed by atoms with van der Waals surface area (Å²) >= 11 is 0. The Hall–Kier alpha value is -0.670. The summed E-state index contributed by atoms with van der Waals surface area (Å²) in [7, 11) is 3.16. The fourth-order valence-corrected chi connectivity index (χ4v) is 1.60. The van der Waals surface area contributed by atoms with Gasteiger partial charge in [-0.15, -0.1) is 0 Å². The summed E-state index contributed by atoms with van der Waals surface area (Å²) in [4.78, 5) is 2.31. The van der Waals surface area contributed by atoms with Crippen molar-refractivity contribution in [1.82, 2.24) is 10.2 Å². The fraction of sp³-hybridized carbons (Fsp3) is 0.917. The minimum atomic E-state index is -0.319. The summed E-state index contributed by atoms with van der Waals surface area (Å²) in [6.07, 6.45) is 0.225. The Kier molecular flexibility index (Phi) is 10.1.